The van der Waals surface area contributed by atoms with Crippen molar-refractivity contribution in [2.45, 2.75) is 32.1 Å². The zero-order valence-corrected chi connectivity index (χ0v) is 12.6. The average Bonchev–Trinajstić information content (AvgIpc) is 2.21. The highest BCUT2D eigenvalue weighted by atomic mass is 79.9. The van der Waals surface area contributed by atoms with Gasteiger partial charge in [-0.05, 0) is 51.9 Å². The van der Waals surface area contributed by atoms with Crippen molar-refractivity contribution in [3.8, 4) is 0 Å². The first-order valence-electron chi connectivity index (χ1n) is 5.79. The smallest absolute Gasteiger partial charge is 0.147 e. The third kappa shape index (κ3) is 2.77. The Hall–Kier alpha value is -0.410. The molecular formula is C14H14BrClF2. The van der Waals surface area contributed by atoms with Crippen molar-refractivity contribution in [1.29, 1.82) is 0 Å². The highest BCUT2D eigenvalue weighted by Crippen LogP contribution is 2.43. The lowest BCUT2D eigenvalue weighted by molar-refractivity contribution is 0.339. The summed E-state index contributed by atoms with van der Waals surface area (Å²) in [7, 11) is 0. The van der Waals surface area contributed by atoms with Gasteiger partial charge in [0.05, 0.1) is 15.4 Å². The Morgan fingerprint density at radius 3 is 2.61 bits per heavy atom. The summed E-state index contributed by atoms with van der Waals surface area (Å²) in [5.41, 5.74) is 0.655. The Labute approximate surface area is 119 Å². The molecule has 1 aliphatic rings. The Bertz CT molecular complexity index is 509. The number of halogens is 4. The Kier molecular flexibility index (Phi) is 3.84. The molecular weight excluding hydrogens is 322 g/mol. The van der Waals surface area contributed by atoms with Gasteiger partial charge in [0.15, 0.2) is 0 Å². The second-order valence-corrected chi connectivity index (χ2v) is 6.89. The molecule has 0 spiro atoms. The molecule has 2 rings (SSSR count). The Morgan fingerprint density at radius 1 is 1.33 bits per heavy atom. The minimum atomic E-state index is -0.553. The second kappa shape index (κ2) is 4.93. The van der Waals surface area contributed by atoms with E-state index in [1.54, 1.807) is 6.08 Å². The van der Waals surface area contributed by atoms with Gasteiger partial charge in [-0.25, -0.2) is 8.78 Å². The van der Waals surface area contributed by atoms with E-state index in [9.17, 15) is 8.78 Å². The summed E-state index contributed by atoms with van der Waals surface area (Å²) >= 11 is 9.25. The molecule has 0 heterocycles. The lowest BCUT2D eigenvalue weighted by atomic mass is 9.75. The van der Waals surface area contributed by atoms with Gasteiger partial charge in [-0.15, -0.1) is 11.6 Å². The van der Waals surface area contributed by atoms with Crippen LogP contribution < -0.4 is 0 Å². The number of hydrogen-bond donors (Lipinski definition) is 0. The molecule has 0 saturated carbocycles. The molecule has 98 valence electrons. The SMILES string of the molecule is CC1(C)CC(c2c(F)ccc(Br)c2F)=CC(Cl)C1. The highest BCUT2D eigenvalue weighted by molar-refractivity contribution is 9.10. The molecule has 0 nitrogen and oxygen atoms in total. The van der Waals surface area contributed by atoms with E-state index in [1.807, 2.05) is 0 Å². The van der Waals surface area contributed by atoms with E-state index in [0.717, 1.165) is 6.42 Å². The molecule has 1 aromatic rings. The maximum atomic E-state index is 14.1. The molecule has 1 aromatic carbocycles. The average molecular weight is 336 g/mol. The van der Waals surface area contributed by atoms with Crippen LogP contribution in [0.1, 0.15) is 32.3 Å². The summed E-state index contributed by atoms with van der Waals surface area (Å²) in [5, 5.41) is -0.179. The van der Waals surface area contributed by atoms with E-state index in [1.165, 1.54) is 12.1 Å². The quantitative estimate of drug-likeness (QED) is 0.467. The van der Waals surface area contributed by atoms with Gasteiger partial charge in [0.2, 0.25) is 0 Å². The van der Waals surface area contributed by atoms with Gasteiger partial charge in [0.25, 0.3) is 0 Å². The number of rotatable bonds is 1. The van der Waals surface area contributed by atoms with Crippen molar-refractivity contribution < 1.29 is 8.78 Å². The van der Waals surface area contributed by atoms with E-state index >= 15 is 0 Å². The Balaban J connectivity index is 2.52. The number of hydrogen-bond acceptors (Lipinski definition) is 0. The van der Waals surface area contributed by atoms with Gasteiger partial charge in [0, 0.05) is 0 Å². The first-order chi connectivity index (χ1) is 8.30. The van der Waals surface area contributed by atoms with Crippen molar-refractivity contribution in [1.82, 2.24) is 0 Å². The minimum Gasteiger partial charge on any atom is -0.206 e. The molecule has 1 atom stereocenters. The number of allylic oxidation sites excluding steroid dienone is 2. The Morgan fingerprint density at radius 2 is 2.00 bits per heavy atom. The molecule has 0 bridgehead atoms. The lowest BCUT2D eigenvalue weighted by Crippen LogP contribution is -2.22. The molecule has 0 fully saturated rings. The summed E-state index contributed by atoms with van der Waals surface area (Å²) < 4.78 is 28.2. The van der Waals surface area contributed by atoms with E-state index in [0.29, 0.717) is 12.0 Å². The van der Waals surface area contributed by atoms with E-state index in [2.05, 4.69) is 29.8 Å². The van der Waals surface area contributed by atoms with Crippen LogP contribution in [0.4, 0.5) is 8.78 Å². The van der Waals surface area contributed by atoms with Gasteiger partial charge >= 0.3 is 0 Å². The van der Waals surface area contributed by atoms with Gasteiger partial charge < -0.3 is 0 Å². The predicted molar refractivity (Wildman–Crippen MR) is 74.7 cm³/mol. The first-order valence-corrected chi connectivity index (χ1v) is 7.02. The van der Waals surface area contributed by atoms with Crippen molar-refractivity contribution >= 4 is 33.1 Å². The molecule has 0 aromatic heterocycles. The van der Waals surface area contributed by atoms with Crippen LogP contribution in [0.3, 0.4) is 0 Å². The van der Waals surface area contributed by atoms with Gasteiger partial charge in [0.1, 0.15) is 11.6 Å². The highest BCUT2D eigenvalue weighted by Gasteiger charge is 2.30. The van der Waals surface area contributed by atoms with Crippen LogP contribution in [0.5, 0.6) is 0 Å². The van der Waals surface area contributed by atoms with Crippen LogP contribution in [0, 0.1) is 17.0 Å². The summed E-state index contributed by atoms with van der Waals surface area (Å²) in [6.07, 6.45) is 3.20. The zero-order chi connectivity index (χ0) is 13.5. The molecule has 0 radical (unpaired) electrons. The summed E-state index contributed by atoms with van der Waals surface area (Å²) in [4.78, 5) is 0. The zero-order valence-electron chi connectivity index (χ0n) is 10.2. The van der Waals surface area contributed by atoms with Gasteiger partial charge in [-0.1, -0.05) is 19.9 Å². The fourth-order valence-corrected chi connectivity index (χ4v) is 3.35. The molecule has 0 amide bonds. The minimum absolute atomic E-state index is 0.0440. The molecule has 1 unspecified atom stereocenters. The lowest BCUT2D eigenvalue weighted by Gasteiger charge is -2.32. The maximum absolute atomic E-state index is 14.1. The third-order valence-corrected chi connectivity index (χ3v) is 4.06. The van der Waals surface area contributed by atoms with Crippen molar-refractivity contribution in [3.05, 3.63) is 39.9 Å². The van der Waals surface area contributed by atoms with Crippen molar-refractivity contribution in [2.75, 3.05) is 0 Å². The fraction of sp³-hybridized carbons (Fsp3) is 0.429. The van der Waals surface area contributed by atoms with Gasteiger partial charge in [-0.2, -0.15) is 0 Å². The van der Waals surface area contributed by atoms with Crippen LogP contribution >= 0.6 is 27.5 Å². The summed E-state index contributed by atoms with van der Waals surface area (Å²) in [6.45, 7) is 4.12. The predicted octanol–water partition coefficient (Wildman–Crippen LogP) is 5.54. The van der Waals surface area contributed by atoms with Crippen LogP contribution in [-0.4, -0.2) is 5.38 Å². The van der Waals surface area contributed by atoms with Gasteiger partial charge in [-0.3, -0.25) is 0 Å². The molecule has 4 heteroatoms. The molecule has 18 heavy (non-hydrogen) atoms. The fourth-order valence-electron chi connectivity index (χ4n) is 2.44. The molecule has 0 N–H and O–H groups in total. The van der Waals surface area contributed by atoms with E-state index < -0.39 is 11.6 Å². The van der Waals surface area contributed by atoms with E-state index in [-0.39, 0.29) is 20.8 Å². The van der Waals surface area contributed by atoms with E-state index in [4.69, 9.17) is 11.6 Å². The second-order valence-electron chi connectivity index (χ2n) is 5.47. The van der Waals surface area contributed by atoms with Crippen LogP contribution in [0.15, 0.2) is 22.7 Å². The summed E-state index contributed by atoms with van der Waals surface area (Å²) in [5.74, 6) is -1.09. The normalized spacial score (nSPS) is 22.8. The van der Waals surface area contributed by atoms with Crippen LogP contribution in [0.2, 0.25) is 0 Å². The number of benzene rings is 1. The summed E-state index contributed by atoms with van der Waals surface area (Å²) in [6, 6.07) is 2.65. The standard InChI is InChI=1S/C14H14BrClF2/c1-14(2)6-8(5-9(16)7-14)12-11(17)4-3-10(15)13(12)18/h3-5,9H,6-7H2,1-2H3. The first kappa shape index (κ1) is 14.0. The largest absolute Gasteiger partial charge is 0.206 e. The van der Waals surface area contributed by atoms with Crippen LogP contribution in [0.25, 0.3) is 5.57 Å². The topological polar surface area (TPSA) is 0 Å². The molecule has 0 aliphatic heterocycles. The molecule has 1 aliphatic carbocycles. The monoisotopic (exact) mass is 334 g/mol. The number of alkyl halides is 1. The van der Waals surface area contributed by atoms with Crippen LogP contribution in [-0.2, 0) is 0 Å². The third-order valence-electron chi connectivity index (χ3n) is 3.16. The maximum Gasteiger partial charge on any atom is 0.147 e. The van der Waals surface area contributed by atoms with Crippen molar-refractivity contribution in [3.63, 3.8) is 0 Å². The van der Waals surface area contributed by atoms with Crippen molar-refractivity contribution in [2.24, 2.45) is 5.41 Å². The molecule has 0 saturated heterocycles.